The number of nitro groups is 2. The summed E-state index contributed by atoms with van der Waals surface area (Å²) in [5, 5.41) is 21.9. The molecule has 0 radical (unpaired) electrons. The number of nitrogens with zero attached hydrogens (tertiary/aromatic N) is 3. The highest BCUT2D eigenvalue weighted by atomic mass is 32.2. The monoisotopic (exact) mass is 379 g/mol. The summed E-state index contributed by atoms with van der Waals surface area (Å²) in [4.78, 5) is 20.4. The van der Waals surface area contributed by atoms with Gasteiger partial charge in [0.1, 0.15) is 0 Å². The molecule has 0 aliphatic carbocycles. The minimum atomic E-state index is -4.10. The summed E-state index contributed by atoms with van der Waals surface area (Å²) in [6.07, 6.45) is 0. The fourth-order valence-electron chi connectivity index (χ4n) is 2.50. The molecule has 0 atom stereocenters. The van der Waals surface area contributed by atoms with E-state index in [-0.39, 0.29) is 22.0 Å². The van der Waals surface area contributed by atoms with Crippen LogP contribution in [0.1, 0.15) is 19.4 Å². The Balaban J connectivity index is 2.57. The molecule has 0 spiro atoms. The van der Waals surface area contributed by atoms with Gasteiger partial charge in [0.05, 0.1) is 20.4 Å². The lowest BCUT2D eigenvalue weighted by molar-refractivity contribution is -0.385. The van der Waals surface area contributed by atoms with Gasteiger partial charge in [-0.2, -0.15) is 0 Å². The zero-order valence-electron chi connectivity index (χ0n) is 14.3. The third-order valence-electron chi connectivity index (χ3n) is 3.72. The van der Waals surface area contributed by atoms with Gasteiger partial charge >= 0.3 is 0 Å². The normalized spacial score (nSPS) is 11.4. The Bertz CT molecular complexity index is 954. The summed E-state index contributed by atoms with van der Waals surface area (Å²) >= 11 is 0. The molecule has 0 saturated heterocycles. The Labute approximate surface area is 150 Å². The maximum atomic E-state index is 13.0. The predicted molar refractivity (Wildman–Crippen MR) is 95.7 cm³/mol. The molecule has 0 N–H and O–H groups in total. The molecule has 2 rings (SSSR count). The minimum absolute atomic E-state index is 0.166. The molecular formula is C16H17N3O6S. The van der Waals surface area contributed by atoms with Gasteiger partial charge in [0.2, 0.25) is 0 Å². The molecule has 0 fully saturated rings. The average Bonchev–Trinajstić information content (AvgIpc) is 2.54. The summed E-state index contributed by atoms with van der Waals surface area (Å²) in [6.45, 7) is 4.80. The molecule has 0 aliphatic heterocycles. The van der Waals surface area contributed by atoms with Gasteiger partial charge < -0.3 is 0 Å². The molecule has 0 heterocycles. The van der Waals surface area contributed by atoms with Gasteiger partial charge in [0.15, 0.2) is 0 Å². The quantitative estimate of drug-likeness (QED) is 0.559. The van der Waals surface area contributed by atoms with Crippen molar-refractivity contribution in [2.45, 2.75) is 31.7 Å². The van der Waals surface area contributed by atoms with E-state index >= 15 is 0 Å². The van der Waals surface area contributed by atoms with E-state index in [0.29, 0.717) is 5.56 Å². The maximum Gasteiger partial charge on any atom is 0.273 e. The standard InChI is InChI=1S/C16H17N3O6S/c1-11(2)17(13-5-7-14(8-6-13)18(20)21)26(24,25)15-9-4-12(3)16(10-15)19(22)23/h4-11H,1-3H3. The Kier molecular flexibility index (Phi) is 5.26. The summed E-state index contributed by atoms with van der Waals surface area (Å²) in [5.74, 6) is 0. The highest BCUT2D eigenvalue weighted by molar-refractivity contribution is 7.92. The zero-order valence-corrected chi connectivity index (χ0v) is 15.1. The molecular weight excluding hydrogens is 362 g/mol. The van der Waals surface area contributed by atoms with Gasteiger partial charge in [-0.3, -0.25) is 24.5 Å². The van der Waals surface area contributed by atoms with Crippen molar-refractivity contribution in [2.24, 2.45) is 0 Å². The Morgan fingerprint density at radius 3 is 2.00 bits per heavy atom. The minimum Gasteiger partial charge on any atom is -0.264 e. The number of anilines is 1. The maximum absolute atomic E-state index is 13.0. The van der Waals surface area contributed by atoms with E-state index in [9.17, 15) is 28.6 Å². The Morgan fingerprint density at radius 1 is 0.962 bits per heavy atom. The van der Waals surface area contributed by atoms with E-state index in [1.165, 1.54) is 43.3 Å². The van der Waals surface area contributed by atoms with Crippen molar-refractivity contribution in [3.05, 3.63) is 68.3 Å². The highest BCUT2D eigenvalue weighted by Gasteiger charge is 2.29. The highest BCUT2D eigenvalue weighted by Crippen LogP contribution is 2.30. The first-order valence-electron chi connectivity index (χ1n) is 7.59. The molecule has 2 aromatic carbocycles. The summed E-state index contributed by atoms with van der Waals surface area (Å²) in [6, 6.07) is 8.26. The molecule has 0 bridgehead atoms. The smallest absolute Gasteiger partial charge is 0.264 e. The van der Waals surface area contributed by atoms with E-state index in [1.54, 1.807) is 13.8 Å². The molecule has 10 heteroatoms. The SMILES string of the molecule is Cc1ccc(S(=O)(=O)N(c2ccc([N+](=O)[O-])cc2)C(C)C)cc1[N+](=O)[O-]. The van der Waals surface area contributed by atoms with Crippen LogP contribution >= 0.6 is 0 Å². The van der Waals surface area contributed by atoms with Crippen LogP contribution in [0, 0.1) is 27.2 Å². The molecule has 26 heavy (non-hydrogen) atoms. The molecule has 138 valence electrons. The topological polar surface area (TPSA) is 124 Å². The van der Waals surface area contributed by atoms with Crippen LogP contribution in [0.25, 0.3) is 0 Å². The van der Waals surface area contributed by atoms with Gasteiger partial charge in [0.25, 0.3) is 21.4 Å². The van der Waals surface area contributed by atoms with Crippen molar-refractivity contribution in [3.8, 4) is 0 Å². The number of nitro benzene ring substituents is 2. The van der Waals surface area contributed by atoms with Crippen LogP contribution in [0.4, 0.5) is 17.1 Å². The fourth-order valence-corrected chi connectivity index (χ4v) is 4.18. The van der Waals surface area contributed by atoms with Gasteiger partial charge in [-0.25, -0.2) is 8.42 Å². The van der Waals surface area contributed by atoms with Crippen molar-refractivity contribution in [1.29, 1.82) is 0 Å². The number of non-ortho nitro benzene ring substituents is 1. The molecule has 0 aliphatic rings. The third-order valence-corrected chi connectivity index (χ3v) is 5.72. The number of sulfonamides is 1. The van der Waals surface area contributed by atoms with Crippen LogP contribution in [0.5, 0.6) is 0 Å². The van der Waals surface area contributed by atoms with Crippen LogP contribution < -0.4 is 4.31 Å². The molecule has 0 saturated carbocycles. The lowest BCUT2D eigenvalue weighted by Crippen LogP contribution is -2.37. The fraction of sp³-hybridized carbons (Fsp3) is 0.250. The van der Waals surface area contributed by atoms with Crippen molar-refractivity contribution in [2.75, 3.05) is 4.31 Å². The number of hydrogen-bond acceptors (Lipinski definition) is 6. The van der Waals surface area contributed by atoms with Gasteiger partial charge in [-0.1, -0.05) is 6.07 Å². The van der Waals surface area contributed by atoms with Crippen molar-refractivity contribution < 1.29 is 18.3 Å². The second-order valence-electron chi connectivity index (χ2n) is 5.87. The van der Waals surface area contributed by atoms with Crippen LogP contribution in [-0.2, 0) is 10.0 Å². The largest absolute Gasteiger partial charge is 0.273 e. The van der Waals surface area contributed by atoms with Crippen LogP contribution in [-0.4, -0.2) is 24.3 Å². The van der Waals surface area contributed by atoms with E-state index < -0.39 is 25.9 Å². The van der Waals surface area contributed by atoms with Crippen LogP contribution in [0.15, 0.2) is 47.4 Å². The number of rotatable bonds is 6. The van der Waals surface area contributed by atoms with Crippen LogP contribution in [0.2, 0.25) is 0 Å². The van der Waals surface area contributed by atoms with E-state index in [0.717, 1.165) is 10.4 Å². The van der Waals surface area contributed by atoms with Crippen molar-refractivity contribution >= 4 is 27.1 Å². The lowest BCUT2D eigenvalue weighted by Gasteiger charge is -2.28. The first kappa shape index (κ1) is 19.3. The third kappa shape index (κ3) is 3.64. The predicted octanol–water partition coefficient (Wildman–Crippen LogP) is 3.42. The van der Waals surface area contributed by atoms with Gasteiger partial charge in [0, 0.05) is 29.8 Å². The Morgan fingerprint density at radius 2 is 1.54 bits per heavy atom. The molecule has 2 aromatic rings. The zero-order chi connectivity index (χ0) is 19.6. The van der Waals surface area contributed by atoms with E-state index in [1.807, 2.05) is 0 Å². The lowest BCUT2D eigenvalue weighted by atomic mass is 10.2. The van der Waals surface area contributed by atoms with E-state index in [2.05, 4.69) is 0 Å². The number of aryl methyl sites for hydroxylation is 1. The van der Waals surface area contributed by atoms with E-state index in [4.69, 9.17) is 0 Å². The van der Waals surface area contributed by atoms with Gasteiger partial charge in [-0.15, -0.1) is 0 Å². The summed E-state index contributed by atoms with van der Waals surface area (Å²) in [7, 11) is -4.10. The average molecular weight is 379 g/mol. The summed E-state index contributed by atoms with van der Waals surface area (Å²) < 4.78 is 27.2. The van der Waals surface area contributed by atoms with Crippen molar-refractivity contribution in [3.63, 3.8) is 0 Å². The second-order valence-corrected chi connectivity index (χ2v) is 7.69. The second kappa shape index (κ2) is 7.08. The first-order valence-corrected chi connectivity index (χ1v) is 9.03. The van der Waals surface area contributed by atoms with Crippen molar-refractivity contribution in [1.82, 2.24) is 0 Å². The number of benzene rings is 2. The van der Waals surface area contributed by atoms with Gasteiger partial charge in [-0.05, 0) is 39.0 Å². The molecule has 0 amide bonds. The number of hydrogen-bond donors (Lipinski definition) is 0. The Hall–Kier alpha value is -3.01. The van der Waals surface area contributed by atoms with Crippen LogP contribution in [0.3, 0.4) is 0 Å². The molecule has 0 unspecified atom stereocenters. The summed E-state index contributed by atoms with van der Waals surface area (Å²) in [5.41, 5.74) is 0.119. The molecule has 9 nitrogen and oxygen atoms in total. The first-order chi connectivity index (χ1) is 12.1. The molecule has 0 aromatic heterocycles.